The van der Waals surface area contributed by atoms with Gasteiger partial charge in [-0.1, -0.05) is 6.07 Å². The predicted molar refractivity (Wildman–Crippen MR) is 97.0 cm³/mol. The van der Waals surface area contributed by atoms with Gasteiger partial charge in [0.1, 0.15) is 11.5 Å². The summed E-state index contributed by atoms with van der Waals surface area (Å²) in [5.41, 5.74) is 1.24. The van der Waals surface area contributed by atoms with E-state index in [4.69, 9.17) is 9.47 Å². The van der Waals surface area contributed by atoms with Crippen molar-refractivity contribution in [2.45, 2.75) is 6.92 Å². The van der Waals surface area contributed by atoms with Gasteiger partial charge in [-0.3, -0.25) is 14.4 Å². The highest BCUT2D eigenvalue weighted by Crippen LogP contribution is 2.24. The van der Waals surface area contributed by atoms with E-state index in [0.29, 0.717) is 28.3 Å². The summed E-state index contributed by atoms with van der Waals surface area (Å²) < 4.78 is 10.5. The number of Topliss-reactive ketones (excluding diaryl/α,β-unsaturated/α-hetero) is 1. The molecule has 26 heavy (non-hydrogen) atoms. The average molecular weight is 356 g/mol. The third kappa shape index (κ3) is 4.83. The molecular formula is C19H20N2O5. The number of ether oxygens (including phenoxy) is 2. The summed E-state index contributed by atoms with van der Waals surface area (Å²) in [4.78, 5) is 35.4. The number of methoxy groups -OCH3 is 1. The molecule has 0 saturated carbocycles. The van der Waals surface area contributed by atoms with Gasteiger partial charge < -0.3 is 20.1 Å². The lowest BCUT2D eigenvalue weighted by Crippen LogP contribution is -2.22. The van der Waals surface area contributed by atoms with Crippen molar-refractivity contribution in [3.8, 4) is 11.5 Å². The highest BCUT2D eigenvalue weighted by Gasteiger charge is 2.12. The van der Waals surface area contributed by atoms with Crippen LogP contribution in [0.15, 0.2) is 42.5 Å². The molecule has 0 fully saturated rings. The van der Waals surface area contributed by atoms with Gasteiger partial charge in [0.2, 0.25) is 0 Å². The molecule has 7 heteroatoms. The Labute approximate surface area is 151 Å². The number of anilines is 1. The third-order valence-corrected chi connectivity index (χ3v) is 3.56. The molecule has 136 valence electrons. The van der Waals surface area contributed by atoms with E-state index in [9.17, 15) is 14.4 Å². The summed E-state index contributed by atoms with van der Waals surface area (Å²) in [5.74, 6) is -0.0331. The summed E-state index contributed by atoms with van der Waals surface area (Å²) in [5, 5.41) is 5.17. The maximum atomic E-state index is 12.1. The van der Waals surface area contributed by atoms with Crippen LogP contribution in [0.5, 0.6) is 11.5 Å². The zero-order valence-corrected chi connectivity index (χ0v) is 14.8. The summed E-state index contributed by atoms with van der Waals surface area (Å²) in [6.07, 6.45) is 0. The number of hydrogen-bond acceptors (Lipinski definition) is 5. The monoisotopic (exact) mass is 356 g/mol. The lowest BCUT2D eigenvalue weighted by molar-refractivity contribution is -0.118. The van der Waals surface area contributed by atoms with Crippen molar-refractivity contribution in [3.05, 3.63) is 53.6 Å². The Morgan fingerprint density at radius 2 is 1.85 bits per heavy atom. The molecular weight excluding hydrogens is 336 g/mol. The van der Waals surface area contributed by atoms with Gasteiger partial charge in [0, 0.05) is 18.3 Å². The molecule has 0 aliphatic heterocycles. The second kappa shape index (κ2) is 8.66. The zero-order valence-electron chi connectivity index (χ0n) is 14.8. The minimum absolute atomic E-state index is 0.197. The molecule has 2 aromatic carbocycles. The summed E-state index contributed by atoms with van der Waals surface area (Å²) in [7, 11) is 3.03. The molecule has 0 aromatic heterocycles. The van der Waals surface area contributed by atoms with E-state index < -0.39 is 5.91 Å². The van der Waals surface area contributed by atoms with Crippen LogP contribution in [0.3, 0.4) is 0 Å². The minimum atomic E-state index is -0.413. The fraction of sp³-hybridized carbons (Fsp3) is 0.211. The van der Waals surface area contributed by atoms with E-state index in [-0.39, 0.29) is 18.3 Å². The zero-order chi connectivity index (χ0) is 19.1. The van der Waals surface area contributed by atoms with E-state index in [1.54, 1.807) is 42.5 Å². The van der Waals surface area contributed by atoms with Crippen molar-refractivity contribution in [2.24, 2.45) is 0 Å². The van der Waals surface area contributed by atoms with E-state index >= 15 is 0 Å². The molecule has 0 heterocycles. The Kier molecular flexibility index (Phi) is 6.32. The molecule has 0 bridgehead atoms. The molecule has 2 N–H and O–H groups in total. The Morgan fingerprint density at radius 3 is 2.50 bits per heavy atom. The van der Waals surface area contributed by atoms with Crippen LogP contribution in [0.1, 0.15) is 27.6 Å². The highest BCUT2D eigenvalue weighted by molar-refractivity contribution is 5.98. The maximum Gasteiger partial charge on any atom is 0.262 e. The fourth-order valence-electron chi connectivity index (χ4n) is 2.26. The minimum Gasteiger partial charge on any atom is -0.497 e. The molecule has 0 aliphatic carbocycles. The molecule has 0 unspecified atom stereocenters. The number of ketones is 1. The number of amides is 2. The van der Waals surface area contributed by atoms with Gasteiger partial charge in [-0.05, 0) is 43.3 Å². The molecule has 0 aliphatic rings. The predicted octanol–water partition coefficient (Wildman–Crippen LogP) is 2.27. The summed E-state index contributed by atoms with van der Waals surface area (Å²) in [6.45, 7) is 1.13. The van der Waals surface area contributed by atoms with Crippen LogP contribution in [0, 0.1) is 0 Å². The van der Waals surface area contributed by atoms with Crippen molar-refractivity contribution in [1.82, 2.24) is 5.32 Å². The highest BCUT2D eigenvalue weighted by atomic mass is 16.5. The van der Waals surface area contributed by atoms with Gasteiger partial charge >= 0.3 is 0 Å². The Morgan fingerprint density at radius 1 is 1.08 bits per heavy atom. The normalized spacial score (nSPS) is 9.96. The van der Waals surface area contributed by atoms with Gasteiger partial charge in [0.05, 0.1) is 12.7 Å². The first-order chi connectivity index (χ1) is 12.4. The molecule has 2 aromatic rings. The van der Waals surface area contributed by atoms with Crippen LogP contribution in [-0.2, 0) is 4.79 Å². The first-order valence-corrected chi connectivity index (χ1v) is 7.88. The van der Waals surface area contributed by atoms with Crippen molar-refractivity contribution in [3.63, 3.8) is 0 Å². The number of rotatable bonds is 7. The quantitative estimate of drug-likeness (QED) is 0.742. The third-order valence-electron chi connectivity index (χ3n) is 3.56. The van der Waals surface area contributed by atoms with E-state index in [1.165, 1.54) is 21.1 Å². The number of carbonyl (C=O) groups is 3. The molecule has 0 saturated heterocycles. The largest absolute Gasteiger partial charge is 0.497 e. The van der Waals surface area contributed by atoms with Crippen LogP contribution in [0.4, 0.5) is 5.69 Å². The molecule has 0 spiro atoms. The van der Waals surface area contributed by atoms with Crippen LogP contribution < -0.4 is 20.1 Å². The van der Waals surface area contributed by atoms with Crippen molar-refractivity contribution in [1.29, 1.82) is 0 Å². The summed E-state index contributed by atoms with van der Waals surface area (Å²) >= 11 is 0. The number of benzene rings is 2. The average Bonchev–Trinajstić information content (AvgIpc) is 2.65. The van der Waals surface area contributed by atoms with Gasteiger partial charge in [-0.2, -0.15) is 0 Å². The van der Waals surface area contributed by atoms with Crippen molar-refractivity contribution >= 4 is 23.3 Å². The van der Waals surface area contributed by atoms with Gasteiger partial charge in [-0.25, -0.2) is 0 Å². The summed E-state index contributed by atoms with van der Waals surface area (Å²) in [6, 6.07) is 11.3. The molecule has 2 rings (SSSR count). The van der Waals surface area contributed by atoms with Gasteiger partial charge in [0.15, 0.2) is 12.4 Å². The molecule has 2 amide bonds. The van der Waals surface area contributed by atoms with Crippen molar-refractivity contribution in [2.75, 3.05) is 26.1 Å². The Bertz CT molecular complexity index is 832. The SMILES string of the molecule is CNC(=O)c1cccc(NC(=O)COc2ccc(OC)cc2C(C)=O)c1. The van der Waals surface area contributed by atoms with Crippen LogP contribution in [-0.4, -0.2) is 38.4 Å². The van der Waals surface area contributed by atoms with Crippen molar-refractivity contribution < 1.29 is 23.9 Å². The first kappa shape index (κ1) is 19.0. The fourth-order valence-corrected chi connectivity index (χ4v) is 2.26. The Hall–Kier alpha value is -3.35. The van der Waals surface area contributed by atoms with E-state index in [2.05, 4.69) is 10.6 Å². The van der Waals surface area contributed by atoms with E-state index in [0.717, 1.165) is 0 Å². The van der Waals surface area contributed by atoms with Crippen LogP contribution in [0.2, 0.25) is 0 Å². The lowest BCUT2D eigenvalue weighted by atomic mass is 10.1. The second-order valence-electron chi connectivity index (χ2n) is 5.42. The number of nitrogens with one attached hydrogen (secondary N) is 2. The van der Waals surface area contributed by atoms with Gasteiger partial charge in [0.25, 0.3) is 11.8 Å². The molecule has 0 radical (unpaired) electrons. The number of carbonyl (C=O) groups excluding carboxylic acids is 3. The van der Waals surface area contributed by atoms with Crippen LogP contribution in [0.25, 0.3) is 0 Å². The second-order valence-corrected chi connectivity index (χ2v) is 5.42. The Balaban J connectivity index is 2.03. The topological polar surface area (TPSA) is 93.7 Å². The van der Waals surface area contributed by atoms with Gasteiger partial charge in [-0.15, -0.1) is 0 Å². The maximum absolute atomic E-state index is 12.1. The molecule has 7 nitrogen and oxygen atoms in total. The lowest BCUT2D eigenvalue weighted by Gasteiger charge is -2.12. The number of hydrogen-bond donors (Lipinski definition) is 2. The van der Waals surface area contributed by atoms with Crippen LogP contribution >= 0.6 is 0 Å². The first-order valence-electron chi connectivity index (χ1n) is 7.88. The molecule has 0 atom stereocenters. The van der Waals surface area contributed by atoms with E-state index in [1.807, 2.05) is 0 Å². The smallest absolute Gasteiger partial charge is 0.262 e. The standard InChI is InChI=1S/C19H20N2O5/c1-12(22)16-10-15(25-3)7-8-17(16)26-11-18(23)21-14-6-4-5-13(9-14)19(24)20-2/h4-10H,11H2,1-3H3,(H,20,24)(H,21,23).